The fourth-order valence-electron chi connectivity index (χ4n) is 3.04. The molecule has 0 saturated carbocycles. The highest BCUT2D eigenvalue weighted by atomic mass is 15.1. The molecule has 2 nitrogen and oxygen atoms in total. The molecular weight excluding hydrogens is 208 g/mol. The van der Waals surface area contributed by atoms with E-state index >= 15 is 0 Å². The molecule has 1 saturated heterocycles. The molecule has 2 heterocycles. The Morgan fingerprint density at radius 1 is 1.24 bits per heavy atom. The predicted molar refractivity (Wildman–Crippen MR) is 71.5 cm³/mol. The van der Waals surface area contributed by atoms with Crippen LogP contribution in [-0.4, -0.2) is 30.2 Å². The van der Waals surface area contributed by atoms with Gasteiger partial charge in [-0.3, -0.25) is 4.99 Å². The van der Waals surface area contributed by atoms with Crippen molar-refractivity contribution in [1.82, 2.24) is 4.90 Å². The lowest BCUT2D eigenvalue weighted by molar-refractivity contribution is 0.219. The Morgan fingerprint density at radius 3 is 2.76 bits per heavy atom. The summed E-state index contributed by atoms with van der Waals surface area (Å²) in [7, 11) is 0. The van der Waals surface area contributed by atoms with Gasteiger partial charge in [0, 0.05) is 17.2 Å². The monoisotopic (exact) mass is 228 g/mol. The van der Waals surface area contributed by atoms with Gasteiger partial charge < -0.3 is 4.90 Å². The Hall–Kier alpha value is -1.15. The zero-order valence-corrected chi connectivity index (χ0v) is 10.5. The second-order valence-corrected chi connectivity index (χ2v) is 5.07. The Morgan fingerprint density at radius 2 is 2.00 bits per heavy atom. The molecule has 0 radical (unpaired) electrons. The maximum absolute atomic E-state index is 4.78. The molecular formula is C15H20N2. The standard InChI is InChI=1S/C15H20N2/c1-2-17-9-7-12(8-10-17)15-14-6-4-3-5-13(14)11-16-15/h3-6,12H,2,7-11H2,1H3. The Kier molecular flexibility index (Phi) is 2.98. The van der Waals surface area contributed by atoms with E-state index in [1.54, 1.807) is 0 Å². The van der Waals surface area contributed by atoms with Gasteiger partial charge in [-0.2, -0.15) is 0 Å². The van der Waals surface area contributed by atoms with E-state index in [2.05, 4.69) is 36.1 Å². The Labute approximate surface area is 103 Å². The molecule has 0 aliphatic carbocycles. The SMILES string of the molecule is CCN1CCC(C2=NCc3ccccc32)CC1. The average Bonchev–Trinajstić information content (AvgIpc) is 2.83. The van der Waals surface area contributed by atoms with Gasteiger partial charge in [-0.05, 0) is 38.0 Å². The van der Waals surface area contributed by atoms with Crippen molar-refractivity contribution in [3.8, 4) is 0 Å². The number of fused-ring (bicyclic) bond motifs is 1. The van der Waals surface area contributed by atoms with E-state index in [4.69, 9.17) is 4.99 Å². The van der Waals surface area contributed by atoms with Crippen LogP contribution >= 0.6 is 0 Å². The molecule has 1 aromatic rings. The lowest BCUT2D eigenvalue weighted by Gasteiger charge is -2.31. The number of aliphatic imine (C=N–C) groups is 1. The van der Waals surface area contributed by atoms with Gasteiger partial charge in [0.15, 0.2) is 0 Å². The smallest absolute Gasteiger partial charge is 0.0649 e. The third kappa shape index (κ3) is 2.02. The molecule has 0 atom stereocenters. The predicted octanol–water partition coefficient (Wildman–Crippen LogP) is 2.72. The maximum Gasteiger partial charge on any atom is 0.0649 e. The van der Waals surface area contributed by atoms with Crippen LogP contribution in [0.25, 0.3) is 0 Å². The fraction of sp³-hybridized carbons (Fsp3) is 0.533. The number of rotatable bonds is 2. The first-order chi connectivity index (χ1) is 8.38. The number of hydrogen-bond donors (Lipinski definition) is 0. The summed E-state index contributed by atoms with van der Waals surface area (Å²) in [6, 6.07) is 8.72. The zero-order valence-electron chi connectivity index (χ0n) is 10.5. The number of piperidine rings is 1. The maximum atomic E-state index is 4.78. The third-order valence-electron chi connectivity index (χ3n) is 4.13. The summed E-state index contributed by atoms with van der Waals surface area (Å²) < 4.78 is 0. The minimum absolute atomic E-state index is 0.696. The third-order valence-corrected chi connectivity index (χ3v) is 4.13. The molecule has 0 aromatic heterocycles. The van der Waals surface area contributed by atoms with E-state index < -0.39 is 0 Å². The second kappa shape index (κ2) is 4.61. The molecule has 2 aliphatic rings. The van der Waals surface area contributed by atoms with E-state index in [0.29, 0.717) is 5.92 Å². The quantitative estimate of drug-likeness (QED) is 0.760. The molecule has 1 aromatic carbocycles. The van der Waals surface area contributed by atoms with Crippen molar-refractivity contribution in [2.24, 2.45) is 10.9 Å². The van der Waals surface area contributed by atoms with Gasteiger partial charge in [0.05, 0.1) is 6.54 Å². The fourth-order valence-corrected chi connectivity index (χ4v) is 3.04. The first-order valence-electron chi connectivity index (χ1n) is 6.73. The summed E-state index contributed by atoms with van der Waals surface area (Å²) in [6.45, 7) is 6.82. The summed E-state index contributed by atoms with van der Waals surface area (Å²) in [5.41, 5.74) is 4.22. The van der Waals surface area contributed by atoms with Gasteiger partial charge in [0.1, 0.15) is 0 Å². The summed E-state index contributed by atoms with van der Waals surface area (Å²) >= 11 is 0. The summed E-state index contributed by atoms with van der Waals surface area (Å²) in [4.78, 5) is 7.32. The molecule has 0 amide bonds. The molecule has 3 rings (SSSR count). The molecule has 90 valence electrons. The highest BCUT2D eigenvalue weighted by Crippen LogP contribution is 2.28. The van der Waals surface area contributed by atoms with Crippen LogP contribution in [0.1, 0.15) is 30.9 Å². The van der Waals surface area contributed by atoms with Crippen LogP contribution in [0.3, 0.4) is 0 Å². The van der Waals surface area contributed by atoms with Gasteiger partial charge in [0.25, 0.3) is 0 Å². The zero-order chi connectivity index (χ0) is 11.7. The van der Waals surface area contributed by atoms with Crippen LogP contribution in [0.5, 0.6) is 0 Å². The van der Waals surface area contributed by atoms with Crippen LogP contribution in [0.15, 0.2) is 29.3 Å². The lowest BCUT2D eigenvalue weighted by Crippen LogP contribution is -2.36. The van der Waals surface area contributed by atoms with Gasteiger partial charge >= 0.3 is 0 Å². The molecule has 0 N–H and O–H groups in total. The Bertz CT molecular complexity index is 428. The van der Waals surface area contributed by atoms with Gasteiger partial charge in [-0.1, -0.05) is 31.2 Å². The van der Waals surface area contributed by atoms with Crippen LogP contribution in [0, 0.1) is 5.92 Å². The molecule has 2 heteroatoms. The topological polar surface area (TPSA) is 15.6 Å². The van der Waals surface area contributed by atoms with Crippen molar-refractivity contribution < 1.29 is 0 Å². The molecule has 2 aliphatic heterocycles. The van der Waals surface area contributed by atoms with Crippen LogP contribution < -0.4 is 0 Å². The molecule has 0 unspecified atom stereocenters. The first-order valence-corrected chi connectivity index (χ1v) is 6.73. The van der Waals surface area contributed by atoms with Crippen molar-refractivity contribution in [2.75, 3.05) is 19.6 Å². The van der Waals surface area contributed by atoms with Crippen molar-refractivity contribution >= 4 is 5.71 Å². The molecule has 0 spiro atoms. The average molecular weight is 228 g/mol. The van der Waals surface area contributed by atoms with Crippen molar-refractivity contribution in [3.05, 3.63) is 35.4 Å². The number of benzene rings is 1. The summed E-state index contributed by atoms with van der Waals surface area (Å²) in [6.07, 6.45) is 2.56. The van der Waals surface area contributed by atoms with E-state index in [9.17, 15) is 0 Å². The minimum atomic E-state index is 0.696. The van der Waals surface area contributed by atoms with Crippen LogP contribution in [0.2, 0.25) is 0 Å². The molecule has 0 bridgehead atoms. The summed E-state index contributed by atoms with van der Waals surface area (Å²) in [5, 5.41) is 0. The Balaban J connectivity index is 1.75. The number of hydrogen-bond acceptors (Lipinski definition) is 2. The van der Waals surface area contributed by atoms with Crippen molar-refractivity contribution in [3.63, 3.8) is 0 Å². The van der Waals surface area contributed by atoms with Crippen LogP contribution in [-0.2, 0) is 6.54 Å². The van der Waals surface area contributed by atoms with Crippen LogP contribution in [0.4, 0.5) is 0 Å². The molecule has 1 fully saturated rings. The number of nitrogens with zero attached hydrogens (tertiary/aromatic N) is 2. The van der Waals surface area contributed by atoms with Crippen molar-refractivity contribution in [1.29, 1.82) is 0 Å². The van der Waals surface area contributed by atoms with Gasteiger partial charge in [0.2, 0.25) is 0 Å². The number of likely N-dealkylation sites (tertiary alicyclic amines) is 1. The normalized spacial score (nSPS) is 21.4. The van der Waals surface area contributed by atoms with Gasteiger partial charge in [-0.15, -0.1) is 0 Å². The van der Waals surface area contributed by atoms with E-state index in [1.807, 2.05) is 0 Å². The van der Waals surface area contributed by atoms with E-state index in [1.165, 1.54) is 49.3 Å². The first kappa shape index (κ1) is 11.0. The largest absolute Gasteiger partial charge is 0.304 e. The summed E-state index contributed by atoms with van der Waals surface area (Å²) in [5.74, 6) is 0.696. The van der Waals surface area contributed by atoms with E-state index in [0.717, 1.165) is 6.54 Å². The second-order valence-electron chi connectivity index (χ2n) is 5.07. The highest BCUT2D eigenvalue weighted by Gasteiger charge is 2.26. The van der Waals surface area contributed by atoms with Crippen molar-refractivity contribution in [2.45, 2.75) is 26.3 Å². The highest BCUT2D eigenvalue weighted by molar-refractivity contribution is 6.05. The minimum Gasteiger partial charge on any atom is -0.304 e. The van der Waals surface area contributed by atoms with E-state index in [-0.39, 0.29) is 0 Å². The van der Waals surface area contributed by atoms with Gasteiger partial charge in [-0.25, -0.2) is 0 Å². The molecule has 17 heavy (non-hydrogen) atoms. The lowest BCUT2D eigenvalue weighted by atomic mass is 9.88.